The molecule has 0 spiro atoms. The summed E-state index contributed by atoms with van der Waals surface area (Å²) in [7, 11) is 0. The van der Waals surface area contributed by atoms with Crippen LogP contribution in [0.15, 0.2) is 24.3 Å². The van der Waals surface area contributed by atoms with E-state index in [1.54, 1.807) is 0 Å². The third kappa shape index (κ3) is 4.32. The maximum atomic E-state index is 12.2. The number of benzene rings is 1. The first-order chi connectivity index (χ1) is 9.69. The predicted octanol–water partition coefficient (Wildman–Crippen LogP) is 1.50. The lowest BCUT2D eigenvalue weighted by Gasteiger charge is -2.32. The number of likely N-dealkylation sites (tertiary alicyclic amines) is 1. The van der Waals surface area contributed by atoms with Gasteiger partial charge in [-0.2, -0.15) is 0 Å². The fourth-order valence-corrected chi connectivity index (χ4v) is 2.50. The van der Waals surface area contributed by atoms with Crippen LogP contribution in [0.4, 0.5) is 0 Å². The Kier molecular flexibility index (Phi) is 5.56. The Balaban J connectivity index is 1.78. The largest absolute Gasteiger partial charge is 0.377 e. The van der Waals surface area contributed by atoms with Crippen molar-refractivity contribution >= 4 is 5.91 Å². The number of ether oxygens (including phenoxy) is 1. The van der Waals surface area contributed by atoms with Crippen LogP contribution in [0.2, 0.25) is 0 Å². The van der Waals surface area contributed by atoms with Crippen LogP contribution in [-0.2, 0) is 16.0 Å². The SMILES string of the molecule is Cc1ccc(CC(=O)N2CCC(OCCN)CC2)cc1. The van der Waals surface area contributed by atoms with Gasteiger partial charge in [-0.25, -0.2) is 0 Å². The number of nitrogens with zero attached hydrogens (tertiary/aromatic N) is 1. The summed E-state index contributed by atoms with van der Waals surface area (Å²) in [5, 5.41) is 0. The molecule has 4 nitrogen and oxygen atoms in total. The zero-order chi connectivity index (χ0) is 14.4. The second-order valence-electron chi connectivity index (χ2n) is 5.40. The molecule has 110 valence electrons. The first-order valence-electron chi connectivity index (χ1n) is 7.34. The summed E-state index contributed by atoms with van der Waals surface area (Å²) in [4.78, 5) is 14.2. The van der Waals surface area contributed by atoms with Crippen LogP contribution < -0.4 is 5.73 Å². The van der Waals surface area contributed by atoms with Crippen molar-refractivity contribution in [1.82, 2.24) is 4.90 Å². The highest BCUT2D eigenvalue weighted by molar-refractivity contribution is 5.78. The number of carbonyl (C=O) groups excluding carboxylic acids is 1. The normalized spacial score (nSPS) is 16.4. The molecular formula is C16H24N2O2. The Labute approximate surface area is 120 Å². The van der Waals surface area contributed by atoms with Gasteiger partial charge in [0.05, 0.1) is 19.1 Å². The topological polar surface area (TPSA) is 55.6 Å². The summed E-state index contributed by atoms with van der Waals surface area (Å²) >= 11 is 0. The van der Waals surface area contributed by atoms with Gasteiger partial charge in [-0.1, -0.05) is 29.8 Å². The van der Waals surface area contributed by atoms with Crippen LogP contribution in [0.1, 0.15) is 24.0 Å². The molecule has 1 aliphatic rings. The number of hydrogen-bond acceptors (Lipinski definition) is 3. The molecule has 1 aromatic rings. The molecule has 0 saturated carbocycles. The molecule has 0 unspecified atom stereocenters. The van der Waals surface area contributed by atoms with E-state index in [1.165, 1.54) is 5.56 Å². The Morgan fingerprint density at radius 2 is 1.95 bits per heavy atom. The smallest absolute Gasteiger partial charge is 0.226 e. The number of amides is 1. The standard InChI is InChI=1S/C16H24N2O2/c1-13-2-4-14(5-3-13)12-16(19)18-9-6-15(7-10-18)20-11-8-17/h2-5,15H,6-12,17H2,1H3. The number of rotatable bonds is 5. The van der Waals surface area contributed by atoms with E-state index < -0.39 is 0 Å². The van der Waals surface area contributed by atoms with Gasteiger partial charge in [-0.3, -0.25) is 4.79 Å². The van der Waals surface area contributed by atoms with E-state index in [1.807, 2.05) is 17.0 Å². The minimum Gasteiger partial charge on any atom is -0.377 e. The molecule has 4 heteroatoms. The summed E-state index contributed by atoms with van der Waals surface area (Å²) in [5.41, 5.74) is 7.73. The molecule has 0 bridgehead atoms. The Hall–Kier alpha value is -1.39. The number of piperidine rings is 1. The first kappa shape index (κ1) is 15.0. The monoisotopic (exact) mass is 276 g/mol. The minimum absolute atomic E-state index is 0.214. The molecule has 1 fully saturated rings. The van der Waals surface area contributed by atoms with Crippen LogP contribution in [0.25, 0.3) is 0 Å². The van der Waals surface area contributed by atoms with Crippen molar-refractivity contribution in [3.63, 3.8) is 0 Å². The second kappa shape index (κ2) is 7.41. The van der Waals surface area contributed by atoms with Gasteiger partial charge in [-0.05, 0) is 25.3 Å². The van der Waals surface area contributed by atoms with Crippen LogP contribution in [-0.4, -0.2) is 43.2 Å². The van der Waals surface area contributed by atoms with Crippen LogP contribution in [0, 0.1) is 6.92 Å². The predicted molar refractivity (Wildman–Crippen MR) is 79.5 cm³/mol. The number of aryl methyl sites for hydroxylation is 1. The van der Waals surface area contributed by atoms with Crippen molar-refractivity contribution in [1.29, 1.82) is 0 Å². The lowest BCUT2D eigenvalue weighted by molar-refractivity contribution is -0.133. The van der Waals surface area contributed by atoms with E-state index in [-0.39, 0.29) is 12.0 Å². The van der Waals surface area contributed by atoms with Crippen molar-refractivity contribution in [2.45, 2.75) is 32.3 Å². The molecule has 0 aliphatic carbocycles. The molecule has 1 aliphatic heterocycles. The summed E-state index contributed by atoms with van der Waals surface area (Å²) in [6.45, 7) is 4.81. The highest BCUT2D eigenvalue weighted by Crippen LogP contribution is 2.15. The Bertz CT molecular complexity index is 423. The van der Waals surface area contributed by atoms with Crippen LogP contribution in [0.5, 0.6) is 0 Å². The van der Waals surface area contributed by atoms with E-state index in [0.29, 0.717) is 19.6 Å². The molecule has 0 aromatic heterocycles. The maximum absolute atomic E-state index is 12.2. The van der Waals surface area contributed by atoms with E-state index in [0.717, 1.165) is 31.5 Å². The van der Waals surface area contributed by atoms with Gasteiger partial charge in [0, 0.05) is 19.6 Å². The maximum Gasteiger partial charge on any atom is 0.226 e. The Morgan fingerprint density at radius 3 is 2.55 bits per heavy atom. The number of hydrogen-bond donors (Lipinski definition) is 1. The van der Waals surface area contributed by atoms with Gasteiger partial charge in [-0.15, -0.1) is 0 Å². The van der Waals surface area contributed by atoms with Gasteiger partial charge < -0.3 is 15.4 Å². The van der Waals surface area contributed by atoms with Crippen molar-refractivity contribution in [3.8, 4) is 0 Å². The quantitative estimate of drug-likeness (QED) is 0.887. The molecule has 1 heterocycles. The van der Waals surface area contributed by atoms with Crippen molar-refractivity contribution in [2.75, 3.05) is 26.2 Å². The summed E-state index contributed by atoms with van der Waals surface area (Å²) in [6.07, 6.45) is 2.59. The van der Waals surface area contributed by atoms with Crippen molar-refractivity contribution in [3.05, 3.63) is 35.4 Å². The van der Waals surface area contributed by atoms with E-state index in [2.05, 4.69) is 19.1 Å². The molecule has 1 amide bonds. The van der Waals surface area contributed by atoms with Crippen molar-refractivity contribution < 1.29 is 9.53 Å². The molecule has 0 radical (unpaired) electrons. The molecule has 0 atom stereocenters. The average Bonchev–Trinajstić information content (AvgIpc) is 2.48. The molecule has 1 saturated heterocycles. The van der Waals surface area contributed by atoms with Crippen molar-refractivity contribution in [2.24, 2.45) is 5.73 Å². The lowest BCUT2D eigenvalue weighted by Crippen LogP contribution is -2.41. The average molecular weight is 276 g/mol. The third-order valence-corrected chi connectivity index (χ3v) is 3.74. The first-order valence-corrected chi connectivity index (χ1v) is 7.34. The zero-order valence-electron chi connectivity index (χ0n) is 12.2. The summed E-state index contributed by atoms with van der Waals surface area (Å²) in [6, 6.07) is 8.17. The third-order valence-electron chi connectivity index (χ3n) is 3.74. The highest BCUT2D eigenvalue weighted by Gasteiger charge is 2.22. The second-order valence-corrected chi connectivity index (χ2v) is 5.40. The zero-order valence-corrected chi connectivity index (χ0v) is 12.2. The fraction of sp³-hybridized carbons (Fsp3) is 0.562. The van der Waals surface area contributed by atoms with Crippen LogP contribution >= 0.6 is 0 Å². The summed E-state index contributed by atoms with van der Waals surface area (Å²) < 4.78 is 5.63. The molecule has 2 rings (SSSR count). The molecule has 20 heavy (non-hydrogen) atoms. The van der Waals surface area contributed by atoms with E-state index in [4.69, 9.17) is 10.5 Å². The minimum atomic E-state index is 0.214. The molecular weight excluding hydrogens is 252 g/mol. The van der Waals surface area contributed by atoms with Gasteiger partial charge in [0.15, 0.2) is 0 Å². The van der Waals surface area contributed by atoms with Gasteiger partial charge >= 0.3 is 0 Å². The molecule has 1 aromatic carbocycles. The number of carbonyl (C=O) groups is 1. The van der Waals surface area contributed by atoms with Gasteiger partial charge in [0.25, 0.3) is 0 Å². The van der Waals surface area contributed by atoms with E-state index >= 15 is 0 Å². The number of nitrogens with two attached hydrogens (primary N) is 1. The summed E-state index contributed by atoms with van der Waals surface area (Å²) in [5.74, 6) is 0.214. The Morgan fingerprint density at radius 1 is 1.30 bits per heavy atom. The fourth-order valence-electron chi connectivity index (χ4n) is 2.50. The van der Waals surface area contributed by atoms with Gasteiger partial charge in [0.2, 0.25) is 5.91 Å². The van der Waals surface area contributed by atoms with Gasteiger partial charge in [0.1, 0.15) is 0 Å². The molecule has 2 N–H and O–H groups in total. The van der Waals surface area contributed by atoms with Crippen LogP contribution in [0.3, 0.4) is 0 Å². The lowest BCUT2D eigenvalue weighted by atomic mass is 10.1. The highest BCUT2D eigenvalue weighted by atomic mass is 16.5. The van der Waals surface area contributed by atoms with E-state index in [9.17, 15) is 4.79 Å².